The molecular weight excluding hydrogens is 162 g/mol. The molecule has 0 aliphatic heterocycles. The van der Waals surface area contributed by atoms with Crippen molar-refractivity contribution in [2.45, 2.75) is 32.7 Å². The van der Waals surface area contributed by atoms with E-state index < -0.39 is 0 Å². The summed E-state index contributed by atoms with van der Waals surface area (Å²) >= 11 is 0. The Morgan fingerprint density at radius 2 is 2.00 bits per heavy atom. The van der Waals surface area contributed by atoms with E-state index in [1.807, 2.05) is 19.1 Å². The maximum absolute atomic E-state index is 5.90. The highest BCUT2D eigenvalue weighted by atomic mass is 15.1. The Balaban J connectivity index is 2.89. The highest BCUT2D eigenvalue weighted by Gasteiger charge is 2.21. The predicted molar refractivity (Wildman–Crippen MR) is 53.3 cm³/mol. The highest BCUT2D eigenvalue weighted by Crippen LogP contribution is 2.24. The second-order valence-corrected chi connectivity index (χ2v) is 3.78. The summed E-state index contributed by atoms with van der Waals surface area (Å²) in [6, 6.07) is 4.01. The number of nitrogens with two attached hydrogens (primary N) is 1. The fourth-order valence-corrected chi connectivity index (χ4v) is 1.71. The Morgan fingerprint density at radius 3 is 2.38 bits per heavy atom. The minimum absolute atomic E-state index is 0.122. The monoisotopic (exact) mass is 179 g/mol. The average Bonchev–Trinajstić information content (AvgIpc) is 2.04. The minimum Gasteiger partial charge on any atom is -0.327 e. The number of hydrogen-bond donors (Lipinski definition) is 1. The van der Waals surface area contributed by atoms with Gasteiger partial charge in [-0.1, -0.05) is 13.8 Å². The molecule has 3 heteroatoms. The van der Waals surface area contributed by atoms with Crippen molar-refractivity contribution < 1.29 is 0 Å². The molecule has 0 spiro atoms. The normalized spacial score (nSPS) is 15.8. The first-order chi connectivity index (χ1) is 6.13. The van der Waals surface area contributed by atoms with Gasteiger partial charge in [0.2, 0.25) is 0 Å². The lowest BCUT2D eigenvalue weighted by atomic mass is 9.87. The molecule has 1 heterocycles. The van der Waals surface area contributed by atoms with E-state index >= 15 is 0 Å². The lowest BCUT2D eigenvalue weighted by Gasteiger charge is -2.23. The molecule has 72 valence electrons. The van der Waals surface area contributed by atoms with Gasteiger partial charge in [0.1, 0.15) is 0 Å². The van der Waals surface area contributed by atoms with Gasteiger partial charge in [-0.05, 0) is 25.0 Å². The van der Waals surface area contributed by atoms with E-state index in [1.165, 1.54) is 0 Å². The summed E-state index contributed by atoms with van der Waals surface area (Å²) in [6.45, 7) is 6.32. The van der Waals surface area contributed by atoms with Crippen LogP contribution >= 0.6 is 0 Å². The molecule has 2 N–H and O–H groups in total. The zero-order chi connectivity index (χ0) is 9.84. The molecule has 0 aliphatic carbocycles. The lowest BCUT2D eigenvalue weighted by molar-refractivity contribution is 0.423. The fourth-order valence-electron chi connectivity index (χ4n) is 1.71. The van der Waals surface area contributed by atoms with Crippen molar-refractivity contribution in [2.24, 2.45) is 11.7 Å². The highest BCUT2D eigenvalue weighted by molar-refractivity contribution is 5.09. The molecule has 0 saturated carbocycles. The van der Waals surface area contributed by atoms with Crippen LogP contribution < -0.4 is 5.73 Å². The number of aromatic nitrogens is 2. The zero-order valence-corrected chi connectivity index (χ0v) is 8.44. The second kappa shape index (κ2) is 4.33. The van der Waals surface area contributed by atoms with Crippen LogP contribution in [0.5, 0.6) is 0 Å². The quantitative estimate of drug-likeness (QED) is 0.766. The van der Waals surface area contributed by atoms with Crippen molar-refractivity contribution in [3.8, 4) is 0 Å². The van der Waals surface area contributed by atoms with E-state index in [-0.39, 0.29) is 6.04 Å². The van der Waals surface area contributed by atoms with Gasteiger partial charge in [0, 0.05) is 18.2 Å². The van der Waals surface area contributed by atoms with Crippen LogP contribution in [0.1, 0.15) is 32.4 Å². The number of rotatable bonds is 3. The van der Waals surface area contributed by atoms with Gasteiger partial charge in [-0.25, -0.2) is 0 Å². The molecule has 0 aromatic carbocycles. The molecule has 0 saturated heterocycles. The van der Waals surface area contributed by atoms with Gasteiger partial charge in [0.05, 0.1) is 5.69 Å². The second-order valence-electron chi connectivity index (χ2n) is 3.78. The van der Waals surface area contributed by atoms with Crippen LogP contribution in [-0.4, -0.2) is 16.2 Å². The van der Waals surface area contributed by atoms with E-state index in [9.17, 15) is 0 Å². The van der Waals surface area contributed by atoms with E-state index in [4.69, 9.17) is 5.73 Å². The van der Waals surface area contributed by atoms with Gasteiger partial charge in [0.15, 0.2) is 0 Å². The maximum Gasteiger partial charge on any atom is 0.0679 e. The Labute approximate surface area is 79.4 Å². The predicted octanol–water partition coefficient (Wildman–Crippen LogP) is 1.56. The summed E-state index contributed by atoms with van der Waals surface area (Å²) < 4.78 is 0. The summed E-state index contributed by atoms with van der Waals surface area (Å²) in [7, 11) is 0. The SMILES string of the molecule is CC(C)C(c1cccnn1)C(C)N. The Kier molecular flexibility index (Phi) is 3.37. The molecule has 0 bridgehead atoms. The van der Waals surface area contributed by atoms with Crippen LogP contribution in [-0.2, 0) is 0 Å². The third-order valence-electron chi connectivity index (χ3n) is 2.22. The van der Waals surface area contributed by atoms with Gasteiger partial charge in [-0.2, -0.15) is 10.2 Å². The largest absolute Gasteiger partial charge is 0.327 e. The van der Waals surface area contributed by atoms with Gasteiger partial charge in [0.25, 0.3) is 0 Å². The Hall–Kier alpha value is -0.960. The van der Waals surface area contributed by atoms with Crippen molar-refractivity contribution in [1.29, 1.82) is 0 Å². The third-order valence-corrected chi connectivity index (χ3v) is 2.22. The standard InChI is InChI=1S/C10H17N3/c1-7(2)10(8(3)11)9-5-4-6-12-13-9/h4-8,10H,11H2,1-3H3. The van der Waals surface area contributed by atoms with Crippen LogP contribution in [0, 0.1) is 5.92 Å². The van der Waals surface area contributed by atoms with Crippen LogP contribution in [0.15, 0.2) is 18.3 Å². The summed E-state index contributed by atoms with van der Waals surface area (Å²) in [5.74, 6) is 0.797. The molecule has 0 fully saturated rings. The summed E-state index contributed by atoms with van der Waals surface area (Å²) in [5.41, 5.74) is 6.89. The molecular formula is C10H17N3. The van der Waals surface area contributed by atoms with Gasteiger partial charge < -0.3 is 5.73 Å². The molecule has 2 unspecified atom stereocenters. The molecule has 0 aliphatic rings. The Bertz CT molecular complexity index is 236. The third kappa shape index (κ3) is 2.49. The van der Waals surface area contributed by atoms with E-state index in [0.29, 0.717) is 11.8 Å². The maximum atomic E-state index is 5.90. The molecule has 1 rings (SSSR count). The molecule has 2 atom stereocenters. The van der Waals surface area contributed by atoms with Gasteiger partial charge in [-0.3, -0.25) is 0 Å². The minimum atomic E-state index is 0.122. The van der Waals surface area contributed by atoms with Crippen LogP contribution in [0.3, 0.4) is 0 Å². The van der Waals surface area contributed by atoms with E-state index in [1.54, 1.807) is 6.20 Å². The van der Waals surface area contributed by atoms with E-state index in [2.05, 4.69) is 24.0 Å². The van der Waals surface area contributed by atoms with Crippen molar-refractivity contribution in [2.75, 3.05) is 0 Å². The smallest absolute Gasteiger partial charge is 0.0679 e. The van der Waals surface area contributed by atoms with Crippen molar-refractivity contribution in [3.05, 3.63) is 24.0 Å². The number of nitrogens with zero attached hydrogens (tertiary/aromatic N) is 2. The molecule has 3 nitrogen and oxygen atoms in total. The van der Waals surface area contributed by atoms with Gasteiger partial charge >= 0.3 is 0 Å². The molecule has 1 aromatic rings. The van der Waals surface area contributed by atoms with Crippen LogP contribution in [0.2, 0.25) is 0 Å². The topological polar surface area (TPSA) is 51.8 Å². The van der Waals surface area contributed by atoms with Gasteiger partial charge in [-0.15, -0.1) is 0 Å². The van der Waals surface area contributed by atoms with Crippen LogP contribution in [0.25, 0.3) is 0 Å². The first kappa shape index (κ1) is 10.1. The average molecular weight is 179 g/mol. The number of hydrogen-bond acceptors (Lipinski definition) is 3. The molecule has 1 aromatic heterocycles. The fraction of sp³-hybridized carbons (Fsp3) is 0.600. The van der Waals surface area contributed by atoms with Crippen molar-refractivity contribution in [3.63, 3.8) is 0 Å². The van der Waals surface area contributed by atoms with E-state index in [0.717, 1.165) is 5.69 Å². The summed E-state index contributed by atoms with van der Waals surface area (Å²) in [6.07, 6.45) is 1.68. The first-order valence-corrected chi connectivity index (χ1v) is 4.66. The lowest BCUT2D eigenvalue weighted by Crippen LogP contribution is -2.29. The van der Waals surface area contributed by atoms with Crippen molar-refractivity contribution >= 4 is 0 Å². The summed E-state index contributed by atoms with van der Waals surface area (Å²) in [5, 5.41) is 7.96. The summed E-state index contributed by atoms with van der Waals surface area (Å²) in [4.78, 5) is 0. The molecule has 0 amide bonds. The first-order valence-electron chi connectivity index (χ1n) is 4.66. The van der Waals surface area contributed by atoms with Crippen LogP contribution in [0.4, 0.5) is 0 Å². The van der Waals surface area contributed by atoms with Crippen molar-refractivity contribution in [1.82, 2.24) is 10.2 Å². The Morgan fingerprint density at radius 1 is 1.31 bits per heavy atom. The molecule has 13 heavy (non-hydrogen) atoms. The zero-order valence-electron chi connectivity index (χ0n) is 8.44. The molecule has 0 radical (unpaired) electrons.